The van der Waals surface area contributed by atoms with Gasteiger partial charge in [0.15, 0.2) is 0 Å². The summed E-state index contributed by atoms with van der Waals surface area (Å²) in [5, 5.41) is 0. The average Bonchev–Trinajstić information content (AvgIpc) is 2.30. The fourth-order valence-corrected chi connectivity index (χ4v) is 2.22. The predicted molar refractivity (Wildman–Crippen MR) is 60.0 cm³/mol. The van der Waals surface area contributed by atoms with Gasteiger partial charge in [0.1, 0.15) is 5.75 Å². The molecule has 1 saturated carbocycles. The van der Waals surface area contributed by atoms with Crippen molar-refractivity contribution in [1.82, 2.24) is 4.98 Å². The van der Waals surface area contributed by atoms with E-state index in [1.54, 1.807) is 13.3 Å². The Balaban J connectivity index is 2.08. The number of nitrogens with two attached hydrogens (primary N) is 1. The molecule has 0 spiro atoms. The van der Waals surface area contributed by atoms with Crippen LogP contribution in [0.4, 0.5) is 0 Å². The molecule has 3 heteroatoms. The summed E-state index contributed by atoms with van der Waals surface area (Å²) in [5.74, 6) is 1.47. The summed E-state index contributed by atoms with van der Waals surface area (Å²) in [4.78, 5) is 4.19. The zero-order chi connectivity index (χ0) is 10.7. The van der Waals surface area contributed by atoms with Crippen molar-refractivity contribution in [2.75, 3.05) is 7.11 Å². The molecule has 3 nitrogen and oxygen atoms in total. The lowest BCUT2D eigenvalue weighted by atomic mass is 9.82. The fraction of sp³-hybridized carbons (Fsp3) is 0.583. The van der Waals surface area contributed by atoms with Crippen LogP contribution in [0.15, 0.2) is 18.5 Å². The van der Waals surface area contributed by atoms with E-state index in [0.717, 1.165) is 18.6 Å². The molecule has 1 heterocycles. The first-order chi connectivity index (χ1) is 7.29. The van der Waals surface area contributed by atoms with Gasteiger partial charge in [-0.05, 0) is 43.2 Å². The van der Waals surface area contributed by atoms with Gasteiger partial charge in [-0.3, -0.25) is 4.98 Å². The Kier molecular flexibility index (Phi) is 3.21. The monoisotopic (exact) mass is 206 g/mol. The van der Waals surface area contributed by atoms with Crippen molar-refractivity contribution < 1.29 is 4.74 Å². The summed E-state index contributed by atoms with van der Waals surface area (Å²) < 4.78 is 5.18. The molecular weight excluding hydrogens is 188 g/mol. The molecule has 0 unspecified atom stereocenters. The quantitative estimate of drug-likeness (QED) is 0.806. The largest absolute Gasteiger partial charge is 0.495 e. The van der Waals surface area contributed by atoms with Gasteiger partial charge in [0.05, 0.1) is 13.3 Å². The van der Waals surface area contributed by atoms with Crippen molar-refractivity contribution in [2.45, 2.75) is 37.6 Å². The Morgan fingerprint density at radius 1 is 1.27 bits per heavy atom. The van der Waals surface area contributed by atoms with E-state index >= 15 is 0 Å². The number of rotatable bonds is 2. The minimum absolute atomic E-state index is 0.403. The number of ether oxygens (including phenoxy) is 1. The normalized spacial score (nSPS) is 26.3. The number of hydrogen-bond donors (Lipinski definition) is 1. The van der Waals surface area contributed by atoms with Crippen molar-refractivity contribution in [3.8, 4) is 5.75 Å². The molecule has 0 aromatic carbocycles. The molecule has 1 aromatic heterocycles. The second-order valence-corrected chi connectivity index (χ2v) is 4.27. The first-order valence-corrected chi connectivity index (χ1v) is 5.54. The zero-order valence-corrected chi connectivity index (χ0v) is 9.15. The third kappa shape index (κ3) is 2.48. The molecule has 0 amide bonds. The van der Waals surface area contributed by atoms with Crippen LogP contribution in [0, 0.1) is 0 Å². The minimum atomic E-state index is 0.403. The number of aromatic nitrogens is 1. The van der Waals surface area contributed by atoms with E-state index in [0.29, 0.717) is 12.0 Å². The summed E-state index contributed by atoms with van der Waals surface area (Å²) >= 11 is 0. The summed E-state index contributed by atoms with van der Waals surface area (Å²) in [5.41, 5.74) is 7.18. The second-order valence-electron chi connectivity index (χ2n) is 4.27. The molecule has 1 aliphatic rings. The molecule has 0 radical (unpaired) electrons. The van der Waals surface area contributed by atoms with Crippen LogP contribution < -0.4 is 10.5 Å². The number of hydrogen-bond acceptors (Lipinski definition) is 3. The molecule has 2 N–H and O–H groups in total. The van der Waals surface area contributed by atoms with E-state index in [9.17, 15) is 0 Å². The highest BCUT2D eigenvalue weighted by atomic mass is 16.5. The van der Waals surface area contributed by atoms with E-state index in [2.05, 4.69) is 11.1 Å². The van der Waals surface area contributed by atoms with Crippen LogP contribution in [0.5, 0.6) is 5.75 Å². The van der Waals surface area contributed by atoms with Gasteiger partial charge in [0.2, 0.25) is 0 Å². The van der Waals surface area contributed by atoms with Gasteiger partial charge in [-0.1, -0.05) is 0 Å². The Morgan fingerprint density at radius 3 is 2.67 bits per heavy atom. The Bertz CT molecular complexity index is 319. The molecule has 1 aromatic rings. The molecule has 82 valence electrons. The smallest absolute Gasteiger partial charge is 0.137 e. The zero-order valence-electron chi connectivity index (χ0n) is 9.15. The van der Waals surface area contributed by atoms with Crippen LogP contribution in [0.2, 0.25) is 0 Å². The van der Waals surface area contributed by atoms with E-state index in [1.165, 1.54) is 18.4 Å². The van der Waals surface area contributed by atoms with Gasteiger partial charge in [0.25, 0.3) is 0 Å². The van der Waals surface area contributed by atoms with E-state index < -0.39 is 0 Å². The first-order valence-electron chi connectivity index (χ1n) is 5.54. The lowest BCUT2D eigenvalue weighted by molar-refractivity contribution is 0.389. The molecule has 2 rings (SSSR count). The van der Waals surface area contributed by atoms with Crippen LogP contribution >= 0.6 is 0 Å². The van der Waals surface area contributed by atoms with Crippen LogP contribution in [0.1, 0.15) is 37.2 Å². The molecular formula is C12H18N2O. The van der Waals surface area contributed by atoms with E-state index in [-0.39, 0.29) is 0 Å². The molecule has 0 atom stereocenters. The van der Waals surface area contributed by atoms with E-state index in [4.69, 9.17) is 10.5 Å². The summed E-state index contributed by atoms with van der Waals surface area (Å²) in [6.07, 6.45) is 8.30. The predicted octanol–water partition coefficient (Wildman–Crippen LogP) is 2.08. The van der Waals surface area contributed by atoms with Crippen LogP contribution in [-0.4, -0.2) is 18.1 Å². The third-order valence-corrected chi connectivity index (χ3v) is 3.21. The SMILES string of the molecule is COc1cncc(C2CCC(N)CC2)c1. The standard InChI is InChI=1S/C12H18N2O/c1-15-12-6-10(7-14-8-12)9-2-4-11(13)5-3-9/h6-9,11H,2-5,13H2,1H3. The highest BCUT2D eigenvalue weighted by molar-refractivity contribution is 5.26. The topological polar surface area (TPSA) is 48.1 Å². The molecule has 1 aliphatic carbocycles. The third-order valence-electron chi connectivity index (χ3n) is 3.21. The van der Waals surface area contributed by atoms with Gasteiger partial charge in [0, 0.05) is 12.2 Å². The van der Waals surface area contributed by atoms with Gasteiger partial charge in [-0.15, -0.1) is 0 Å². The number of nitrogens with zero attached hydrogens (tertiary/aromatic N) is 1. The van der Waals surface area contributed by atoms with Crippen molar-refractivity contribution in [3.05, 3.63) is 24.0 Å². The summed E-state index contributed by atoms with van der Waals surface area (Å²) in [7, 11) is 1.68. The summed E-state index contributed by atoms with van der Waals surface area (Å²) in [6.45, 7) is 0. The van der Waals surface area contributed by atoms with E-state index in [1.807, 2.05) is 6.20 Å². The van der Waals surface area contributed by atoms with Gasteiger partial charge in [-0.2, -0.15) is 0 Å². The first kappa shape index (κ1) is 10.4. The lowest BCUT2D eigenvalue weighted by Gasteiger charge is -2.26. The molecule has 0 bridgehead atoms. The average molecular weight is 206 g/mol. The Morgan fingerprint density at radius 2 is 2.00 bits per heavy atom. The van der Waals surface area contributed by atoms with Crippen LogP contribution in [0.25, 0.3) is 0 Å². The van der Waals surface area contributed by atoms with Gasteiger partial charge >= 0.3 is 0 Å². The lowest BCUT2D eigenvalue weighted by Crippen LogP contribution is -2.25. The Labute approximate surface area is 90.7 Å². The van der Waals surface area contributed by atoms with Crippen molar-refractivity contribution >= 4 is 0 Å². The maximum Gasteiger partial charge on any atom is 0.137 e. The molecule has 1 fully saturated rings. The van der Waals surface area contributed by atoms with Crippen LogP contribution in [0.3, 0.4) is 0 Å². The molecule has 0 saturated heterocycles. The second kappa shape index (κ2) is 4.62. The van der Waals surface area contributed by atoms with Crippen molar-refractivity contribution in [2.24, 2.45) is 5.73 Å². The maximum atomic E-state index is 5.89. The minimum Gasteiger partial charge on any atom is -0.495 e. The van der Waals surface area contributed by atoms with Crippen LogP contribution in [-0.2, 0) is 0 Å². The van der Waals surface area contributed by atoms with Crippen molar-refractivity contribution in [1.29, 1.82) is 0 Å². The van der Waals surface area contributed by atoms with Gasteiger partial charge in [-0.25, -0.2) is 0 Å². The molecule has 15 heavy (non-hydrogen) atoms. The van der Waals surface area contributed by atoms with Crippen molar-refractivity contribution in [3.63, 3.8) is 0 Å². The Hall–Kier alpha value is -1.09. The highest BCUT2D eigenvalue weighted by Crippen LogP contribution is 2.32. The van der Waals surface area contributed by atoms with Gasteiger partial charge < -0.3 is 10.5 Å². The number of methoxy groups -OCH3 is 1. The number of pyridine rings is 1. The summed E-state index contributed by atoms with van der Waals surface area (Å²) in [6, 6.07) is 2.49. The maximum absolute atomic E-state index is 5.89. The fourth-order valence-electron chi connectivity index (χ4n) is 2.22. The highest BCUT2D eigenvalue weighted by Gasteiger charge is 2.20. The molecule has 0 aliphatic heterocycles.